The SMILES string of the molecule is O=CC[P+](c1ccccc1)(c1ccccc1)c1ccccc1.[Cl-]. The van der Waals surface area contributed by atoms with E-state index in [1.54, 1.807) is 0 Å². The van der Waals surface area contributed by atoms with E-state index >= 15 is 0 Å². The lowest BCUT2D eigenvalue weighted by Crippen LogP contribution is -3.00. The fourth-order valence-electron chi connectivity index (χ4n) is 2.92. The first-order valence-corrected chi connectivity index (χ1v) is 9.34. The molecule has 0 amide bonds. The molecule has 3 rings (SSSR count). The summed E-state index contributed by atoms with van der Waals surface area (Å²) in [6, 6.07) is 31.3. The molecule has 0 aliphatic heterocycles. The molecule has 0 unspecified atom stereocenters. The van der Waals surface area contributed by atoms with Crippen LogP contribution in [-0.2, 0) is 4.79 Å². The number of carbonyl (C=O) groups excluding carboxylic acids is 1. The Balaban J connectivity index is 0.00000192. The topological polar surface area (TPSA) is 17.1 Å². The summed E-state index contributed by atoms with van der Waals surface area (Å²) in [6.07, 6.45) is 1.60. The number of hydrogen-bond acceptors (Lipinski definition) is 1. The Labute approximate surface area is 144 Å². The number of hydrogen-bond donors (Lipinski definition) is 0. The van der Waals surface area contributed by atoms with Gasteiger partial charge in [-0.15, -0.1) is 0 Å². The summed E-state index contributed by atoms with van der Waals surface area (Å²) in [5, 5.41) is 3.75. The first kappa shape index (κ1) is 17.4. The molecule has 0 saturated heterocycles. The first-order chi connectivity index (χ1) is 10.9. The van der Waals surface area contributed by atoms with Crippen LogP contribution >= 0.6 is 7.26 Å². The molecule has 1 nitrogen and oxygen atoms in total. The highest BCUT2D eigenvalue weighted by Gasteiger charge is 2.44. The van der Waals surface area contributed by atoms with Crippen LogP contribution in [0.1, 0.15) is 0 Å². The molecule has 0 N–H and O–H groups in total. The smallest absolute Gasteiger partial charge is 0.158 e. The zero-order valence-corrected chi connectivity index (χ0v) is 14.3. The highest BCUT2D eigenvalue weighted by molar-refractivity contribution is 7.96. The fourth-order valence-corrected chi connectivity index (χ4v) is 6.72. The molecule has 0 aliphatic rings. The predicted octanol–water partition coefficient (Wildman–Crippen LogP) is 0.183. The van der Waals surface area contributed by atoms with E-state index in [-0.39, 0.29) is 12.4 Å². The monoisotopic (exact) mass is 340 g/mol. The molecule has 0 radical (unpaired) electrons. The summed E-state index contributed by atoms with van der Waals surface area (Å²) < 4.78 is 0. The Kier molecular flexibility index (Phi) is 6.10. The molecule has 3 aromatic rings. The highest BCUT2D eigenvalue weighted by Crippen LogP contribution is 2.54. The van der Waals surface area contributed by atoms with Crippen molar-refractivity contribution < 1.29 is 17.2 Å². The normalized spacial score (nSPS) is 10.6. The summed E-state index contributed by atoms with van der Waals surface area (Å²) >= 11 is 0. The lowest BCUT2D eigenvalue weighted by atomic mass is 10.4. The summed E-state index contributed by atoms with van der Waals surface area (Å²) in [5.74, 6) is 0. The Morgan fingerprint density at radius 3 is 1.17 bits per heavy atom. The lowest BCUT2D eigenvalue weighted by Gasteiger charge is -2.25. The van der Waals surface area contributed by atoms with Gasteiger partial charge in [-0.25, -0.2) is 0 Å². The van der Waals surface area contributed by atoms with Crippen LogP contribution in [0.2, 0.25) is 0 Å². The Morgan fingerprint density at radius 1 is 0.609 bits per heavy atom. The van der Waals surface area contributed by atoms with Crippen LogP contribution in [0.15, 0.2) is 91.0 Å². The minimum atomic E-state index is -1.92. The first-order valence-electron chi connectivity index (χ1n) is 7.36. The number of carbonyl (C=O) groups is 1. The van der Waals surface area contributed by atoms with Crippen LogP contribution in [0.3, 0.4) is 0 Å². The average Bonchev–Trinajstić information content (AvgIpc) is 2.62. The molecule has 0 aliphatic carbocycles. The molecule has 0 aromatic heterocycles. The maximum Gasteiger partial charge on any atom is 0.158 e. The number of benzene rings is 3. The van der Waals surface area contributed by atoms with Gasteiger partial charge in [0.25, 0.3) is 0 Å². The molecule has 3 heteroatoms. The molecule has 0 saturated carbocycles. The Bertz CT molecular complexity index is 633. The molecule has 116 valence electrons. The van der Waals surface area contributed by atoms with Gasteiger partial charge in [0.2, 0.25) is 0 Å². The third-order valence-electron chi connectivity index (χ3n) is 3.94. The Hall–Kier alpha value is -1.95. The second-order valence-electron chi connectivity index (χ2n) is 5.17. The zero-order valence-electron chi connectivity index (χ0n) is 12.7. The summed E-state index contributed by atoms with van der Waals surface area (Å²) in [7, 11) is -1.92. The molecule has 0 atom stereocenters. The molecule has 0 bridgehead atoms. The highest BCUT2D eigenvalue weighted by atomic mass is 35.5. The van der Waals surface area contributed by atoms with Crippen LogP contribution in [0, 0.1) is 0 Å². The van der Waals surface area contributed by atoms with Crippen LogP contribution in [0.25, 0.3) is 0 Å². The molecule has 0 spiro atoms. The predicted molar refractivity (Wildman–Crippen MR) is 96.1 cm³/mol. The third kappa shape index (κ3) is 3.37. The third-order valence-corrected chi connectivity index (χ3v) is 8.18. The lowest BCUT2D eigenvalue weighted by molar-refractivity contribution is -0.105. The van der Waals surface area contributed by atoms with Crippen molar-refractivity contribution in [3.05, 3.63) is 91.0 Å². The van der Waals surface area contributed by atoms with Gasteiger partial charge >= 0.3 is 0 Å². The van der Waals surface area contributed by atoms with Crippen LogP contribution < -0.4 is 28.3 Å². The van der Waals surface area contributed by atoms with Crippen molar-refractivity contribution in [2.75, 3.05) is 6.16 Å². The van der Waals surface area contributed by atoms with Crippen molar-refractivity contribution >= 4 is 29.5 Å². The van der Waals surface area contributed by atoms with Crippen LogP contribution in [0.5, 0.6) is 0 Å². The van der Waals surface area contributed by atoms with E-state index in [1.165, 1.54) is 15.9 Å². The van der Waals surface area contributed by atoms with Crippen molar-refractivity contribution in [1.82, 2.24) is 0 Å². The van der Waals surface area contributed by atoms with Gasteiger partial charge in [0.1, 0.15) is 29.3 Å². The van der Waals surface area contributed by atoms with Crippen molar-refractivity contribution in [3.63, 3.8) is 0 Å². The van der Waals surface area contributed by atoms with Gasteiger partial charge in [-0.2, -0.15) is 0 Å². The van der Waals surface area contributed by atoms with E-state index in [9.17, 15) is 4.79 Å². The van der Waals surface area contributed by atoms with Gasteiger partial charge < -0.3 is 12.4 Å². The standard InChI is InChI=1S/C20H18OP.ClH/c21-16-17-22(18-10-4-1-5-11-18,19-12-6-2-7-13-19)20-14-8-3-9-15-20;/h1-16H,17H2;1H/q+1;/p-1. The van der Waals surface area contributed by atoms with Crippen LogP contribution in [-0.4, -0.2) is 12.4 Å². The summed E-state index contributed by atoms with van der Waals surface area (Å²) in [4.78, 5) is 11.6. The van der Waals surface area contributed by atoms with Crippen molar-refractivity contribution in [3.8, 4) is 0 Å². The molecule has 23 heavy (non-hydrogen) atoms. The molecule has 0 heterocycles. The van der Waals surface area contributed by atoms with E-state index in [0.717, 1.165) is 6.29 Å². The van der Waals surface area contributed by atoms with E-state index in [4.69, 9.17) is 0 Å². The van der Waals surface area contributed by atoms with Gasteiger partial charge in [-0.1, -0.05) is 54.6 Å². The largest absolute Gasteiger partial charge is 1.00 e. The van der Waals surface area contributed by atoms with E-state index in [0.29, 0.717) is 6.16 Å². The van der Waals surface area contributed by atoms with Gasteiger partial charge in [0, 0.05) is 0 Å². The van der Waals surface area contributed by atoms with Crippen molar-refractivity contribution in [2.45, 2.75) is 0 Å². The zero-order chi connectivity index (χ0) is 15.3. The molecular weight excluding hydrogens is 323 g/mol. The van der Waals surface area contributed by atoms with Crippen molar-refractivity contribution in [1.29, 1.82) is 0 Å². The number of aldehydes is 1. The molecule has 3 aromatic carbocycles. The summed E-state index contributed by atoms with van der Waals surface area (Å²) in [5.41, 5.74) is 0. The van der Waals surface area contributed by atoms with E-state index in [2.05, 4.69) is 72.8 Å². The molecular formula is C20H18ClOP. The van der Waals surface area contributed by atoms with Gasteiger partial charge in [0.05, 0.1) is 0 Å². The van der Waals surface area contributed by atoms with E-state index < -0.39 is 7.26 Å². The van der Waals surface area contributed by atoms with Crippen molar-refractivity contribution in [2.24, 2.45) is 0 Å². The second-order valence-corrected chi connectivity index (χ2v) is 8.70. The average molecular weight is 341 g/mol. The number of rotatable bonds is 5. The summed E-state index contributed by atoms with van der Waals surface area (Å²) in [6.45, 7) is 0. The van der Waals surface area contributed by atoms with E-state index in [1.807, 2.05) is 18.2 Å². The second kappa shape index (κ2) is 8.06. The maximum absolute atomic E-state index is 11.6. The minimum Gasteiger partial charge on any atom is -1.00 e. The fraction of sp³-hybridized carbons (Fsp3) is 0.0500. The van der Waals surface area contributed by atoms with Crippen LogP contribution in [0.4, 0.5) is 0 Å². The minimum absolute atomic E-state index is 0. The quantitative estimate of drug-likeness (QED) is 0.478. The van der Waals surface area contributed by atoms with Gasteiger partial charge in [-0.3, -0.25) is 4.79 Å². The number of halogens is 1. The maximum atomic E-state index is 11.6. The Morgan fingerprint density at radius 2 is 0.913 bits per heavy atom. The van der Waals surface area contributed by atoms with Gasteiger partial charge in [-0.05, 0) is 36.4 Å². The van der Waals surface area contributed by atoms with Gasteiger partial charge in [0.15, 0.2) is 6.29 Å². The molecule has 0 fully saturated rings.